The Morgan fingerprint density at radius 1 is 0.917 bits per heavy atom. The highest BCUT2D eigenvalue weighted by molar-refractivity contribution is 5.64. The molecule has 0 spiro atoms. The molecular formula is C20H41NO3. The lowest BCUT2D eigenvalue weighted by Gasteiger charge is -2.32. The van der Waals surface area contributed by atoms with E-state index in [1.807, 2.05) is 0 Å². The minimum Gasteiger partial charge on any atom is -0.550 e. The van der Waals surface area contributed by atoms with Gasteiger partial charge in [-0.3, -0.25) is 0 Å². The summed E-state index contributed by atoms with van der Waals surface area (Å²) >= 11 is 0. The van der Waals surface area contributed by atoms with Gasteiger partial charge in [-0.1, -0.05) is 64.7 Å². The lowest BCUT2D eigenvalue weighted by Crippen LogP contribution is -2.46. The molecule has 0 aliphatic rings. The van der Waals surface area contributed by atoms with Crippen molar-refractivity contribution in [2.45, 2.75) is 96.5 Å². The molecule has 1 N–H and O–H groups in total. The van der Waals surface area contributed by atoms with Gasteiger partial charge in [0.1, 0.15) is 12.6 Å². The van der Waals surface area contributed by atoms with E-state index in [2.05, 4.69) is 21.0 Å². The Morgan fingerprint density at radius 3 is 2.00 bits per heavy atom. The molecule has 24 heavy (non-hydrogen) atoms. The number of likely N-dealkylation sites (N-methyl/N-ethyl adjacent to an activating group) is 1. The van der Waals surface area contributed by atoms with E-state index in [9.17, 15) is 15.0 Å². The number of hydrogen-bond donors (Lipinski definition) is 1. The maximum Gasteiger partial charge on any atom is 0.105 e. The van der Waals surface area contributed by atoms with E-state index in [0.717, 1.165) is 36.8 Å². The second kappa shape index (κ2) is 14.7. The zero-order chi connectivity index (χ0) is 18.3. The van der Waals surface area contributed by atoms with Crippen LogP contribution in [0.4, 0.5) is 0 Å². The lowest BCUT2D eigenvalue weighted by molar-refractivity contribution is -0.893. The molecule has 1 atom stereocenters. The first kappa shape index (κ1) is 23.4. The van der Waals surface area contributed by atoms with Crippen molar-refractivity contribution in [2.75, 3.05) is 27.2 Å². The number of unbranched alkanes of at least 4 members (excludes halogenated alkanes) is 9. The molecule has 0 saturated heterocycles. The highest BCUT2D eigenvalue weighted by Gasteiger charge is 2.19. The van der Waals surface area contributed by atoms with E-state index in [1.165, 1.54) is 51.4 Å². The Labute approximate surface area is 149 Å². The molecule has 0 fully saturated rings. The van der Waals surface area contributed by atoms with Gasteiger partial charge in [-0.05, 0) is 25.7 Å². The topological polar surface area (TPSA) is 60.4 Å². The van der Waals surface area contributed by atoms with Crippen molar-refractivity contribution in [3.05, 3.63) is 0 Å². The van der Waals surface area contributed by atoms with Gasteiger partial charge in [0.05, 0.1) is 20.6 Å². The first-order chi connectivity index (χ1) is 11.4. The van der Waals surface area contributed by atoms with Crippen LogP contribution in [0.2, 0.25) is 0 Å². The first-order valence-electron chi connectivity index (χ1n) is 10.1. The smallest absolute Gasteiger partial charge is 0.105 e. The molecule has 0 saturated carbocycles. The van der Waals surface area contributed by atoms with Gasteiger partial charge in [-0.2, -0.15) is 0 Å². The molecule has 0 radical (unpaired) electrons. The number of carbonyl (C=O) groups excluding carboxylic acids is 1. The summed E-state index contributed by atoms with van der Waals surface area (Å²) in [6, 6.07) is 0. The van der Waals surface area contributed by atoms with Crippen LogP contribution in [0.25, 0.3) is 0 Å². The van der Waals surface area contributed by atoms with Crippen molar-refractivity contribution in [3.63, 3.8) is 0 Å². The number of aliphatic hydroxyl groups excluding tert-OH is 1. The Kier molecular flexibility index (Phi) is 14.3. The van der Waals surface area contributed by atoms with Gasteiger partial charge in [0.25, 0.3) is 0 Å². The summed E-state index contributed by atoms with van der Waals surface area (Å²) in [4.78, 5) is 10.4. The van der Waals surface area contributed by atoms with Crippen molar-refractivity contribution in [3.8, 4) is 0 Å². The van der Waals surface area contributed by atoms with Crippen molar-refractivity contribution >= 4 is 5.97 Å². The van der Waals surface area contributed by atoms with Crippen LogP contribution in [0.15, 0.2) is 0 Å². The molecular weight excluding hydrogens is 302 g/mol. The van der Waals surface area contributed by atoms with Gasteiger partial charge in [-0.25, -0.2) is 0 Å². The fourth-order valence-corrected chi connectivity index (χ4v) is 3.25. The van der Waals surface area contributed by atoms with Gasteiger partial charge >= 0.3 is 0 Å². The summed E-state index contributed by atoms with van der Waals surface area (Å²) < 4.78 is 0.756. The number of aliphatic carboxylic acids is 1. The van der Waals surface area contributed by atoms with Crippen LogP contribution in [-0.4, -0.2) is 48.8 Å². The summed E-state index contributed by atoms with van der Waals surface area (Å²) in [6.45, 7) is 3.91. The number of aliphatic hydroxyl groups is 1. The Bertz CT molecular complexity index is 305. The Morgan fingerprint density at radius 2 is 1.46 bits per heavy atom. The lowest BCUT2D eigenvalue weighted by atomic mass is 10.0. The van der Waals surface area contributed by atoms with Crippen LogP contribution in [-0.2, 0) is 4.79 Å². The summed E-state index contributed by atoms with van der Waals surface area (Å²) in [5.74, 6) is -0.967. The summed E-state index contributed by atoms with van der Waals surface area (Å²) in [5.41, 5.74) is 0. The SMILES string of the molecule is CCCCCCCCCCCC(O)C[N+](C)(C)CCCCC(=O)[O-]. The third-order valence-electron chi connectivity index (χ3n) is 4.74. The first-order valence-corrected chi connectivity index (χ1v) is 10.1. The Hall–Kier alpha value is -0.610. The van der Waals surface area contributed by atoms with Gasteiger partial charge in [-0.15, -0.1) is 0 Å². The monoisotopic (exact) mass is 343 g/mol. The predicted octanol–water partition coefficient (Wildman–Crippen LogP) is 3.26. The average molecular weight is 344 g/mol. The average Bonchev–Trinajstić information content (AvgIpc) is 2.49. The number of carbonyl (C=O) groups is 1. The van der Waals surface area contributed by atoms with Gasteiger partial charge < -0.3 is 19.5 Å². The van der Waals surface area contributed by atoms with E-state index in [-0.39, 0.29) is 12.5 Å². The molecule has 4 nitrogen and oxygen atoms in total. The van der Waals surface area contributed by atoms with Gasteiger partial charge in [0.2, 0.25) is 0 Å². The number of nitrogens with zero attached hydrogens (tertiary/aromatic N) is 1. The molecule has 0 heterocycles. The quantitative estimate of drug-likeness (QED) is 0.326. The van der Waals surface area contributed by atoms with Gasteiger partial charge in [0, 0.05) is 5.97 Å². The summed E-state index contributed by atoms with van der Waals surface area (Å²) in [6.07, 6.45) is 14.1. The normalized spacial score (nSPS) is 13.2. The molecule has 0 rings (SSSR count). The van der Waals surface area contributed by atoms with Crippen molar-refractivity contribution in [1.82, 2.24) is 0 Å². The number of carboxylic acid groups (broad SMARTS) is 1. The van der Waals surface area contributed by atoms with Crippen LogP contribution in [0, 0.1) is 0 Å². The van der Waals surface area contributed by atoms with E-state index < -0.39 is 5.97 Å². The summed E-state index contributed by atoms with van der Waals surface area (Å²) in [7, 11) is 4.22. The molecule has 0 amide bonds. The third kappa shape index (κ3) is 16.3. The van der Waals surface area contributed by atoms with Crippen molar-refractivity contribution in [2.24, 2.45) is 0 Å². The molecule has 144 valence electrons. The predicted molar refractivity (Wildman–Crippen MR) is 98.6 cm³/mol. The third-order valence-corrected chi connectivity index (χ3v) is 4.74. The highest BCUT2D eigenvalue weighted by Crippen LogP contribution is 2.13. The van der Waals surface area contributed by atoms with Gasteiger partial charge in [0.15, 0.2) is 0 Å². The summed E-state index contributed by atoms with van der Waals surface area (Å²) in [5, 5.41) is 20.6. The van der Waals surface area contributed by atoms with Crippen molar-refractivity contribution < 1.29 is 19.5 Å². The van der Waals surface area contributed by atoms with E-state index in [0.29, 0.717) is 6.42 Å². The number of rotatable bonds is 17. The van der Waals surface area contributed by atoms with Crippen LogP contribution in [0.1, 0.15) is 90.4 Å². The molecule has 0 bridgehead atoms. The minimum absolute atomic E-state index is 0.140. The molecule has 0 aromatic carbocycles. The minimum atomic E-state index is -0.967. The molecule has 1 unspecified atom stereocenters. The van der Waals surface area contributed by atoms with Crippen LogP contribution < -0.4 is 5.11 Å². The van der Waals surface area contributed by atoms with E-state index in [1.54, 1.807) is 0 Å². The maximum atomic E-state index is 10.4. The molecule has 0 aromatic rings. The van der Waals surface area contributed by atoms with Crippen LogP contribution in [0.3, 0.4) is 0 Å². The van der Waals surface area contributed by atoms with Crippen LogP contribution in [0.5, 0.6) is 0 Å². The largest absolute Gasteiger partial charge is 0.550 e. The molecule has 0 aromatic heterocycles. The zero-order valence-corrected chi connectivity index (χ0v) is 16.4. The number of quaternary nitrogens is 1. The fraction of sp³-hybridized carbons (Fsp3) is 0.950. The molecule has 0 aliphatic heterocycles. The Balaban J connectivity index is 3.55. The number of carboxylic acids is 1. The van der Waals surface area contributed by atoms with E-state index >= 15 is 0 Å². The highest BCUT2D eigenvalue weighted by atomic mass is 16.4. The molecule has 0 aliphatic carbocycles. The zero-order valence-electron chi connectivity index (χ0n) is 16.4. The fourth-order valence-electron chi connectivity index (χ4n) is 3.25. The second-order valence-electron chi connectivity index (χ2n) is 7.94. The van der Waals surface area contributed by atoms with Crippen molar-refractivity contribution in [1.29, 1.82) is 0 Å². The standard InChI is InChI=1S/C20H41NO3/c1-4-5-6-7-8-9-10-11-12-15-19(22)18-21(2,3)17-14-13-16-20(23)24/h19,22H,4-18H2,1-3H3. The maximum absolute atomic E-state index is 10.4. The second-order valence-corrected chi connectivity index (χ2v) is 7.94. The van der Waals surface area contributed by atoms with Crippen LogP contribution >= 0.6 is 0 Å². The van der Waals surface area contributed by atoms with E-state index in [4.69, 9.17) is 0 Å². The molecule has 4 heteroatoms. The number of hydrogen-bond acceptors (Lipinski definition) is 3.